The molecule has 2 aromatic rings. The first kappa shape index (κ1) is 22.0. The second-order valence-corrected chi connectivity index (χ2v) is 9.71. The van der Waals surface area contributed by atoms with Crippen molar-refractivity contribution < 1.29 is 12.8 Å². The highest BCUT2D eigenvalue weighted by Gasteiger charge is 2.37. The number of sulfone groups is 1. The molecule has 0 spiro atoms. The minimum atomic E-state index is -3.62. The first-order valence-electron chi connectivity index (χ1n) is 9.37. The number of nitrogens with zero attached hydrogens (tertiary/aromatic N) is 3. The summed E-state index contributed by atoms with van der Waals surface area (Å²) in [5.41, 5.74) is 1.47. The van der Waals surface area contributed by atoms with Gasteiger partial charge in [0.1, 0.15) is 6.17 Å². The van der Waals surface area contributed by atoms with Gasteiger partial charge in [0, 0.05) is 18.1 Å². The number of halogens is 2. The number of alkyl halides is 2. The van der Waals surface area contributed by atoms with Gasteiger partial charge in [0.05, 0.1) is 22.1 Å². The molecule has 3 atom stereocenters. The third-order valence-corrected chi connectivity index (χ3v) is 7.60. The Kier molecular flexibility index (Phi) is 7.24. The molecule has 0 saturated heterocycles. The van der Waals surface area contributed by atoms with E-state index >= 15 is 0 Å². The molecule has 1 fully saturated rings. The van der Waals surface area contributed by atoms with Crippen LogP contribution in [0.1, 0.15) is 24.8 Å². The quantitative estimate of drug-likeness (QED) is 0.238. The van der Waals surface area contributed by atoms with E-state index in [1.54, 1.807) is 36.7 Å². The summed E-state index contributed by atoms with van der Waals surface area (Å²) in [5, 5.41) is 13.0. The molecule has 2 N–H and O–H groups in total. The van der Waals surface area contributed by atoms with Crippen molar-refractivity contribution in [3.8, 4) is 6.19 Å². The molecular weight excluding hydrogens is 429 g/mol. The number of hydrogen-bond donors (Lipinski definition) is 2. The molecule has 0 bridgehead atoms. The molecule has 1 aliphatic rings. The lowest BCUT2D eigenvalue weighted by Gasteiger charge is -2.28. The van der Waals surface area contributed by atoms with E-state index in [1.807, 2.05) is 6.19 Å². The fourth-order valence-electron chi connectivity index (χ4n) is 3.21. The van der Waals surface area contributed by atoms with Crippen molar-refractivity contribution in [2.24, 2.45) is 4.99 Å². The molecule has 0 radical (unpaired) electrons. The Morgan fingerprint density at radius 3 is 2.57 bits per heavy atom. The van der Waals surface area contributed by atoms with E-state index in [-0.39, 0.29) is 23.8 Å². The molecular formula is C20H21ClFN5O2S. The van der Waals surface area contributed by atoms with Gasteiger partial charge in [-0.05, 0) is 49.1 Å². The maximum absolute atomic E-state index is 13.9. The molecule has 10 heteroatoms. The first-order valence-corrected chi connectivity index (χ1v) is 11.4. The van der Waals surface area contributed by atoms with Gasteiger partial charge in [-0.3, -0.25) is 10.3 Å². The van der Waals surface area contributed by atoms with Gasteiger partial charge in [-0.15, -0.1) is 11.6 Å². The summed E-state index contributed by atoms with van der Waals surface area (Å²) in [6.45, 7) is 0.229. The van der Waals surface area contributed by atoms with Crippen LogP contribution in [0.3, 0.4) is 0 Å². The number of nitrogens with one attached hydrogen (secondary N) is 2. The molecule has 7 nitrogen and oxygen atoms in total. The predicted octanol–water partition coefficient (Wildman–Crippen LogP) is 3.39. The number of benzene rings is 1. The summed E-state index contributed by atoms with van der Waals surface area (Å²) in [6, 6.07) is 9.80. The average Bonchev–Trinajstić information content (AvgIpc) is 2.75. The minimum Gasteiger partial charge on any atom is -0.325 e. The van der Waals surface area contributed by atoms with E-state index in [4.69, 9.17) is 16.9 Å². The van der Waals surface area contributed by atoms with Gasteiger partial charge < -0.3 is 5.32 Å². The average molecular weight is 450 g/mol. The molecule has 158 valence electrons. The van der Waals surface area contributed by atoms with Gasteiger partial charge >= 0.3 is 0 Å². The lowest BCUT2D eigenvalue weighted by molar-refractivity contribution is 0.257. The number of aliphatic imine (C=N–C) groups is 1. The third kappa shape index (κ3) is 5.46. The normalized spacial score (nSPS) is 22.2. The molecule has 0 aliphatic heterocycles. The summed E-state index contributed by atoms with van der Waals surface area (Å²) in [6.07, 6.45) is 4.34. The van der Waals surface area contributed by atoms with Crippen LogP contribution in [-0.2, 0) is 16.4 Å². The SMILES string of the molecule is N#CNC(=NCc1ccc(S(=O)(=O)C2CCC(Cl)C(F)C2)cc1)Nc1ccncc1. The molecule has 0 amide bonds. The lowest BCUT2D eigenvalue weighted by Crippen LogP contribution is -2.34. The molecule has 1 saturated carbocycles. The van der Waals surface area contributed by atoms with Crippen molar-refractivity contribution in [3.05, 3.63) is 54.4 Å². The molecule has 1 aromatic heterocycles. The van der Waals surface area contributed by atoms with Crippen molar-refractivity contribution >= 4 is 33.1 Å². The number of anilines is 1. The van der Waals surface area contributed by atoms with E-state index in [0.29, 0.717) is 18.5 Å². The van der Waals surface area contributed by atoms with Gasteiger partial charge in [0.25, 0.3) is 0 Å². The molecule has 3 rings (SSSR count). The van der Waals surface area contributed by atoms with E-state index in [0.717, 1.165) is 5.56 Å². The van der Waals surface area contributed by atoms with Crippen molar-refractivity contribution in [2.75, 3.05) is 5.32 Å². The first-order chi connectivity index (χ1) is 14.4. The number of guanidine groups is 1. The van der Waals surface area contributed by atoms with Gasteiger partial charge in [0.15, 0.2) is 16.0 Å². The number of nitriles is 1. The van der Waals surface area contributed by atoms with Gasteiger partial charge in [0.2, 0.25) is 5.96 Å². The zero-order valence-electron chi connectivity index (χ0n) is 16.0. The summed E-state index contributed by atoms with van der Waals surface area (Å²) in [4.78, 5) is 8.39. The van der Waals surface area contributed by atoms with E-state index in [9.17, 15) is 12.8 Å². The van der Waals surface area contributed by atoms with Gasteiger partial charge in [-0.2, -0.15) is 5.26 Å². The Morgan fingerprint density at radius 2 is 1.93 bits per heavy atom. The van der Waals surface area contributed by atoms with E-state index < -0.39 is 26.6 Å². The molecule has 3 unspecified atom stereocenters. The fraction of sp³-hybridized carbons (Fsp3) is 0.350. The van der Waals surface area contributed by atoms with Crippen molar-refractivity contribution in [3.63, 3.8) is 0 Å². The van der Waals surface area contributed by atoms with Crippen LogP contribution in [0, 0.1) is 11.5 Å². The van der Waals surface area contributed by atoms with Crippen LogP contribution in [0.4, 0.5) is 10.1 Å². The molecule has 1 heterocycles. The highest BCUT2D eigenvalue weighted by Crippen LogP contribution is 2.33. The zero-order valence-corrected chi connectivity index (χ0v) is 17.6. The highest BCUT2D eigenvalue weighted by atomic mass is 35.5. The van der Waals surface area contributed by atoms with Crippen molar-refractivity contribution in [1.82, 2.24) is 10.3 Å². The predicted molar refractivity (Wildman–Crippen MR) is 114 cm³/mol. The summed E-state index contributed by atoms with van der Waals surface area (Å²) in [7, 11) is -3.62. The standard InChI is InChI=1S/C20H21ClFN5O2S/c21-18-6-5-17(11-19(18)22)30(28,29)16-3-1-14(2-4-16)12-25-20(26-13-23)27-15-7-9-24-10-8-15/h1-4,7-10,17-19H,5-6,11-12H2,(H2,24,25,26,27). The second kappa shape index (κ2) is 9.87. The summed E-state index contributed by atoms with van der Waals surface area (Å²) < 4.78 is 39.5. The minimum absolute atomic E-state index is 0.0770. The molecule has 30 heavy (non-hydrogen) atoms. The largest absolute Gasteiger partial charge is 0.325 e. The maximum Gasteiger partial charge on any atom is 0.209 e. The topological polar surface area (TPSA) is 107 Å². The lowest BCUT2D eigenvalue weighted by atomic mass is 9.98. The van der Waals surface area contributed by atoms with Crippen molar-refractivity contribution in [1.29, 1.82) is 5.26 Å². The number of aromatic nitrogens is 1. The van der Waals surface area contributed by atoms with E-state index in [2.05, 4.69) is 20.6 Å². The van der Waals surface area contributed by atoms with Crippen LogP contribution in [0.2, 0.25) is 0 Å². The monoisotopic (exact) mass is 449 g/mol. The van der Waals surface area contributed by atoms with Gasteiger partial charge in [-0.1, -0.05) is 12.1 Å². The molecule has 1 aromatic carbocycles. The summed E-state index contributed by atoms with van der Waals surface area (Å²) >= 11 is 5.87. The van der Waals surface area contributed by atoms with Gasteiger partial charge in [-0.25, -0.2) is 17.8 Å². The summed E-state index contributed by atoms with van der Waals surface area (Å²) in [5.74, 6) is 0.257. The van der Waals surface area contributed by atoms with Crippen LogP contribution in [0.5, 0.6) is 0 Å². The number of pyridine rings is 1. The number of hydrogen-bond acceptors (Lipinski definition) is 5. The van der Waals surface area contributed by atoms with Crippen LogP contribution in [-0.4, -0.2) is 36.2 Å². The Morgan fingerprint density at radius 1 is 1.23 bits per heavy atom. The molecule has 1 aliphatic carbocycles. The van der Waals surface area contributed by atoms with Crippen LogP contribution in [0.25, 0.3) is 0 Å². The zero-order chi connectivity index (χ0) is 21.6. The second-order valence-electron chi connectivity index (χ2n) is 6.92. The Balaban J connectivity index is 1.68. The van der Waals surface area contributed by atoms with Crippen molar-refractivity contribution in [2.45, 2.75) is 47.5 Å². The Bertz CT molecular complexity index is 1030. The Hall–Kier alpha value is -2.70. The highest BCUT2D eigenvalue weighted by molar-refractivity contribution is 7.92. The Labute approximate surface area is 179 Å². The fourth-order valence-corrected chi connectivity index (χ4v) is 5.22. The number of rotatable bonds is 5. The van der Waals surface area contributed by atoms with Crippen LogP contribution < -0.4 is 10.6 Å². The van der Waals surface area contributed by atoms with Crippen LogP contribution >= 0.6 is 11.6 Å². The smallest absolute Gasteiger partial charge is 0.209 e. The van der Waals surface area contributed by atoms with Crippen LogP contribution in [0.15, 0.2) is 58.7 Å². The van der Waals surface area contributed by atoms with E-state index in [1.165, 1.54) is 12.1 Å². The maximum atomic E-state index is 13.9. The third-order valence-electron chi connectivity index (χ3n) is 4.87.